The lowest BCUT2D eigenvalue weighted by Crippen LogP contribution is -2.32. The third kappa shape index (κ3) is 9.30. The zero-order valence-electron chi connectivity index (χ0n) is 23.6. The Morgan fingerprint density at radius 1 is 0.907 bits per heavy atom. The fraction of sp³-hybridized carbons (Fsp3) is 0.188. The Morgan fingerprint density at radius 2 is 1.65 bits per heavy atom. The van der Waals surface area contributed by atoms with Gasteiger partial charge in [0, 0.05) is 6.42 Å². The summed E-state index contributed by atoms with van der Waals surface area (Å²) in [6.45, 7) is 4.41. The zero-order valence-corrected chi connectivity index (χ0v) is 25.9. The van der Waals surface area contributed by atoms with Gasteiger partial charge in [-0.3, -0.25) is 4.79 Å². The van der Waals surface area contributed by atoms with Crippen molar-refractivity contribution in [2.45, 2.75) is 37.8 Å². The van der Waals surface area contributed by atoms with Gasteiger partial charge in [0.1, 0.15) is 6.61 Å². The van der Waals surface area contributed by atoms with E-state index in [9.17, 15) is 13.2 Å². The number of aryl methyl sites for hydroxylation is 1. The third-order valence-electron chi connectivity index (χ3n) is 6.27. The quantitative estimate of drug-likeness (QED) is 0.123. The van der Waals surface area contributed by atoms with Gasteiger partial charge in [-0.2, -0.15) is 5.10 Å². The Bertz CT molecular complexity index is 1680. The van der Waals surface area contributed by atoms with Crippen LogP contribution in [0.4, 0.5) is 0 Å². The van der Waals surface area contributed by atoms with Crippen molar-refractivity contribution >= 4 is 45.3 Å². The summed E-state index contributed by atoms with van der Waals surface area (Å²) in [7, 11) is -3.88. The van der Waals surface area contributed by atoms with Crippen molar-refractivity contribution in [3.8, 4) is 11.5 Å². The molecular weight excluding hydrogens is 609 g/mol. The van der Waals surface area contributed by atoms with Crippen molar-refractivity contribution in [3.05, 3.63) is 123 Å². The van der Waals surface area contributed by atoms with Crippen molar-refractivity contribution in [1.29, 1.82) is 0 Å². The minimum atomic E-state index is -3.88. The first-order valence-corrected chi connectivity index (χ1v) is 15.7. The number of benzene rings is 4. The number of nitrogens with one attached hydrogen (secondary N) is 2. The summed E-state index contributed by atoms with van der Waals surface area (Å²) in [5.41, 5.74) is 5.58. The first-order valence-electron chi connectivity index (χ1n) is 13.4. The van der Waals surface area contributed by atoms with Gasteiger partial charge in [0.05, 0.1) is 33.8 Å². The molecule has 0 spiro atoms. The van der Waals surface area contributed by atoms with Crippen LogP contribution < -0.4 is 19.6 Å². The average molecular weight is 641 g/mol. The lowest BCUT2D eigenvalue weighted by Gasteiger charge is -2.18. The van der Waals surface area contributed by atoms with Crippen molar-refractivity contribution in [2.24, 2.45) is 5.10 Å². The largest absolute Gasteiger partial charge is 0.490 e. The number of hydrogen-bond donors (Lipinski definition) is 2. The molecule has 8 nitrogen and oxygen atoms in total. The fourth-order valence-electron chi connectivity index (χ4n) is 4.08. The number of ether oxygens (including phenoxy) is 2. The van der Waals surface area contributed by atoms with E-state index in [1.807, 2.05) is 26.0 Å². The normalized spacial score (nSPS) is 12.2. The molecule has 0 saturated heterocycles. The molecule has 43 heavy (non-hydrogen) atoms. The van der Waals surface area contributed by atoms with E-state index >= 15 is 0 Å². The lowest BCUT2D eigenvalue weighted by atomic mass is 10.0. The number of nitrogens with zero attached hydrogens (tertiary/aromatic N) is 1. The highest BCUT2D eigenvalue weighted by Gasteiger charge is 2.23. The van der Waals surface area contributed by atoms with Crippen LogP contribution in [-0.2, 0) is 21.4 Å². The Labute approximate surface area is 261 Å². The van der Waals surface area contributed by atoms with Crippen LogP contribution in [0.5, 0.6) is 11.5 Å². The van der Waals surface area contributed by atoms with Crippen LogP contribution in [0.2, 0.25) is 10.0 Å². The number of hydrogen-bond acceptors (Lipinski definition) is 6. The fourth-order valence-corrected chi connectivity index (χ4v) is 5.62. The summed E-state index contributed by atoms with van der Waals surface area (Å²) in [5.74, 6) is 0.566. The Morgan fingerprint density at radius 3 is 2.35 bits per heavy atom. The maximum absolute atomic E-state index is 13.1. The van der Waals surface area contributed by atoms with Gasteiger partial charge in [-0.1, -0.05) is 77.3 Å². The molecule has 224 valence electrons. The Kier molecular flexibility index (Phi) is 11.2. The first-order chi connectivity index (χ1) is 20.6. The molecule has 0 saturated carbocycles. The van der Waals surface area contributed by atoms with Gasteiger partial charge in [-0.05, 0) is 73.0 Å². The van der Waals surface area contributed by atoms with E-state index in [1.165, 1.54) is 18.3 Å². The highest BCUT2D eigenvalue weighted by atomic mass is 35.5. The minimum absolute atomic E-state index is 0.118. The molecule has 11 heteroatoms. The van der Waals surface area contributed by atoms with Crippen LogP contribution in [-0.4, -0.2) is 27.1 Å². The van der Waals surface area contributed by atoms with Crippen molar-refractivity contribution in [1.82, 2.24) is 10.1 Å². The van der Waals surface area contributed by atoms with Gasteiger partial charge in [-0.15, -0.1) is 0 Å². The number of rotatable bonds is 13. The van der Waals surface area contributed by atoms with E-state index in [0.717, 1.165) is 11.1 Å². The van der Waals surface area contributed by atoms with E-state index in [-0.39, 0.29) is 17.9 Å². The van der Waals surface area contributed by atoms with Crippen LogP contribution in [0, 0.1) is 6.92 Å². The second-order valence-corrected chi connectivity index (χ2v) is 12.1. The van der Waals surface area contributed by atoms with E-state index in [0.29, 0.717) is 39.3 Å². The second kappa shape index (κ2) is 15.0. The predicted molar refractivity (Wildman–Crippen MR) is 169 cm³/mol. The first kappa shape index (κ1) is 32.0. The zero-order chi connectivity index (χ0) is 30.8. The molecule has 0 aliphatic carbocycles. The van der Waals surface area contributed by atoms with Crippen LogP contribution in [0.25, 0.3) is 0 Å². The molecule has 0 unspecified atom stereocenters. The highest BCUT2D eigenvalue weighted by Crippen LogP contribution is 2.30. The molecular formula is C32H31Cl2N3O5S. The van der Waals surface area contributed by atoms with Crippen LogP contribution in [0.3, 0.4) is 0 Å². The molecule has 2 N–H and O–H groups in total. The summed E-state index contributed by atoms with van der Waals surface area (Å²) in [6.07, 6.45) is 1.30. The van der Waals surface area contributed by atoms with E-state index < -0.39 is 22.0 Å². The topological polar surface area (TPSA) is 106 Å². The molecule has 4 rings (SSSR count). The predicted octanol–water partition coefficient (Wildman–Crippen LogP) is 6.84. The van der Waals surface area contributed by atoms with Gasteiger partial charge in [0.15, 0.2) is 11.5 Å². The lowest BCUT2D eigenvalue weighted by molar-refractivity contribution is -0.121. The molecule has 0 aromatic heterocycles. The summed E-state index contributed by atoms with van der Waals surface area (Å²) in [5, 5.41) is 4.98. The van der Waals surface area contributed by atoms with E-state index in [2.05, 4.69) is 15.2 Å². The van der Waals surface area contributed by atoms with Crippen LogP contribution >= 0.6 is 23.2 Å². The Balaban J connectivity index is 1.41. The molecule has 0 fully saturated rings. The maximum Gasteiger partial charge on any atom is 0.242 e. The van der Waals surface area contributed by atoms with Crippen molar-refractivity contribution in [2.75, 3.05) is 6.61 Å². The molecule has 1 amide bonds. The standard InChI is InChI=1S/C32H31Cl2N3O5S/c1-3-41-31-18-23(12-16-30(31)42-21-24-11-15-27(33)28(34)17-24)20-35-36-32(38)19-29(25-7-5-4-6-8-25)37-43(39,40)26-13-9-22(2)10-14-26/h4-18,20,29,37H,3,19,21H2,1-2H3,(H,36,38)/b35-20-/t29-/m0/s1. The van der Waals surface area contributed by atoms with Gasteiger partial charge < -0.3 is 9.47 Å². The summed E-state index contributed by atoms with van der Waals surface area (Å²) in [4.78, 5) is 13.0. The number of halogens is 2. The molecule has 0 radical (unpaired) electrons. The maximum atomic E-state index is 13.1. The summed E-state index contributed by atoms with van der Waals surface area (Å²) >= 11 is 12.1. The molecule has 4 aromatic carbocycles. The molecule has 0 aliphatic heterocycles. The highest BCUT2D eigenvalue weighted by molar-refractivity contribution is 7.89. The second-order valence-electron chi connectivity index (χ2n) is 9.57. The van der Waals surface area contributed by atoms with Crippen molar-refractivity contribution in [3.63, 3.8) is 0 Å². The molecule has 0 aliphatic rings. The van der Waals surface area contributed by atoms with E-state index in [1.54, 1.807) is 66.7 Å². The Hall–Kier alpha value is -3.89. The minimum Gasteiger partial charge on any atom is -0.490 e. The number of amides is 1. The summed E-state index contributed by atoms with van der Waals surface area (Å²) in [6, 6.07) is 25.1. The van der Waals surface area contributed by atoms with Crippen LogP contribution in [0.15, 0.2) is 101 Å². The molecule has 4 aromatic rings. The number of carbonyl (C=O) groups excluding carboxylic acids is 1. The van der Waals surface area contributed by atoms with Gasteiger partial charge >= 0.3 is 0 Å². The number of carbonyl (C=O) groups is 1. The van der Waals surface area contributed by atoms with Gasteiger partial charge in [0.25, 0.3) is 0 Å². The summed E-state index contributed by atoms with van der Waals surface area (Å²) < 4.78 is 40.5. The monoisotopic (exact) mass is 639 g/mol. The molecule has 1 atom stereocenters. The van der Waals surface area contributed by atoms with Crippen LogP contribution in [0.1, 0.15) is 41.6 Å². The van der Waals surface area contributed by atoms with Gasteiger partial charge in [-0.25, -0.2) is 18.6 Å². The molecule has 0 heterocycles. The van der Waals surface area contributed by atoms with Gasteiger partial charge in [0.2, 0.25) is 15.9 Å². The van der Waals surface area contributed by atoms with Crippen molar-refractivity contribution < 1.29 is 22.7 Å². The SMILES string of the molecule is CCOc1cc(/C=N\NC(=O)C[C@H](NS(=O)(=O)c2ccc(C)cc2)c2ccccc2)ccc1OCc1ccc(Cl)c(Cl)c1. The third-order valence-corrected chi connectivity index (χ3v) is 8.50. The molecule has 0 bridgehead atoms. The smallest absolute Gasteiger partial charge is 0.242 e. The van der Waals surface area contributed by atoms with E-state index in [4.69, 9.17) is 32.7 Å². The number of hydrazone groups is 1. The number of sulfonamides is 1. The average Bonchev–Trinajstić information content (AvgIpc) is 2.99.